The summed E-state index contributed by atoms with van der Waals surface area (Å²) in [7, 11) is 2.04. The molecule has 1 aliphatic rings. The van der Waals surface area contributed by atoms with Gasteiger partial charge in [-0.3, -0.25) is 4.90 Å². The summed E-state index contributed by atoms with van der Waals surface area (Å²) >= 11 is 6.17. The van der Waals surface area contributed by atoms with E-state index in [1.54, 1.807) is 0 Å². The van der Waals surface area contributed by atoms with Crippen LogP contribution in [0.1, 0.15) is 17.4 Å². The van der Waals surface area contributed by atoms with E-state index in [4.69, 9.17) is 11.6 Å². The number of benzene rings is 1. The summed E-state index contributed by atoms with van der Waals surface area (Å²) in [6.45, 7) is 4.07. The molecule has 0 saturated carbocycles. The van der Waals surface area contributed by atoms with Crippen molar-refractivity contribution in [2.45, 2.75) is 6.04 Å². The van der Waals surface area contributed by atoms with Crippen LogP contribution in [-0.4, -0.2) is 40.6 Å². The number of aromatic nitrogens is 2. The van der Waals surface area contributed by atoms with Gasteiger partial charge in [0.25, 0.3) is 0 Å². The average molecular weight is 291 g/mol. The summed E-state index contributed by atoms with van der Waals surface area (Å²) in [4.78, 5) is 7.02. The molecule has 1 aromatic carbocycles. The molecule has 1 aliphatic heterocycles. The molecule has 4 nitrogen and oxygen atoms in total. The Labute approximate surface area is 124 Å². The van der Waals surface area contributed by atoms with Crippen LogP contribution in [0.3, 0.4) is 0 Å². The molecular weight excluding hydrogens is 272 g/mol. The highest BCUT2D eigenvalue weighted by atomic mass is 35.5. The van der Waals surface area contributed by atoms with Crippen molar-refractivity contribution in [3.8, 4) is 0 Å². The third kappa shape index (κ3) is 2.73. The Bertz CT molecular complexity index is 575. The fourth-order valence-electron chi connectivity index (χ4n) is 2.78. The van der Waals surface area contributed by atoms with Gasteiger partial charge in [-0.25, -0.2) is 4.98 Å². The highest BCUT2D eigenvalue weighted by Crippen LogP contribution is 2.29. The smallest absolute Gasteiger partial charge is 0.130 e. The zero-order chi connectivity index (χ0) is 13.9. The minimum Gasteiger partial charge on any atom is -0.336 e. The van der Waals surface area contributed by atoms with Gasteiger partial charge < -0.3 is 9.88 Å². The van der Waals surface area contributed by atoms with Gasteiger partial charge in [-0.1, -0.05) is 23.7 Å². The van der Waals surface area contributed by atoms with E-state index in [1.807, 2.05) is 37.6 Å². The summed E-state index contributed by atoms with van der Waals surface area (Å²) in [5, 5.41) is 4.17. The predicted octanol–water partition coefficient (Wildman–Crippen LogP) is 2.07. The Morgan fingerprint density at radius 1 is 1.30 bits per heavy atom. The van der Waals surface area contributed by atoms with Gasteiger partial charge in [0.05, 0.1) is 6.04 Å². The van der Waals surface area contributed by atoms with Gasteiger partial charge in [-0.15, -0.1) is 0 Å². The number of hydrogen-bond donors (Lipinski definition) is 1. The number of piperazine rings is 1. The minimum absolute atomic E-state index is 0.163. The van der Waals surface area contributed by atoms with Gasteiger partial charge in [-0.05, 0) is 17.7 Å². The maximum Gasteiger partial charge on any atom is 0.130 e. The van der Waals surface area contributed by atoms with Gasteiger partial charge >= 0.3 is 0 Å². The molecule has 1 saturated heterocycles. The standard InChI is InChI=1S/C15H19ClN4/c1-19-8-7-18-15(19)14(20-9-5-17-6-10-20)12-3-2-4-13(16)11-12/h2-4,7-8,11,14,17H,5-6,9-10H2,1H3. The molecule has 1 fully saturated rings. The lowest BCUT2D eigenvalue weighted by Crippen LogP contribution is -2.46. The molecule has 1 aromatic heterocycles. The van der Waals surface area contributed by atoms with Gasteiger partial charge in [0.1, 0.15) is 5.82 Å². The van der Waals surface area contributed by atoms with Crippen LogP contribution in [0.2, 0.25) is 5.02 Å². The molecular formula is C15H19ClN4. The summed E-state index contributed by atoms with van der Waals surface area (Å²) < 4.78 is 2.09. The number of hydrogen-bond acceptors (Lipinski definition) is 3. The van der Waals surface area contributed by atoms with Crippen molar-refractivity contribution in [1.82, 2.24) is 19.8 Å². The van der Waals surface area contributed by atoms with Crippen LogP contribution in [0.5, 0.6) is 0 Å². The van der Waals surface area contributed by atoms with E-state index < -0.39 is 0 Å². The Kier molecular flexibility index (Phi) is 4.05. The number of rotatable bonds is 3. The lowest BCUT2D eigenvalue weighted by atomic mass is 10.0. The Hall–Kier alpha value is -1.36. The minimum atomic E-state index is 0.163. The van der Waals surface area contributed by atoms with Crippen LogP contribution in [0.4, 0.5) is 0 Å². The molecule has 0 aliphatic carbocycles. The van der Waals surface area contributed by atoms with Crippen molar-refractivity contribution >= 4 is 11.6 Å². The second-order valence-corrected chi connectivity index (χ2v) is 5.58. The molecule has 3 rings (SSSR count). The number of aryl methyl sites for hydroxylation is 1. The molecule has 0 bridgehead atoms. The van der Waals surface area contributed by atoms with E-state index in [2.05, 4.69) is 25.8 Å². The number of imidazole rings is 1. The number of halogens is 1. The molecule has 5 heteroatoms. The first kappa shape index (κ1) is 13.6. The molecule has 1 N–H and O–H groups in total. The first-order valence-corrected chi connectivity index (χ1v) is 7.31. The van der Waals surface area contributed by atoms with Crippen molar-refractivity contribution in [3.05, 3.63) is 53.1 Å². The fourth-order valence-corrected chi connectivity index (χ4v) is 2.98. The molecule has 0 amide bonds. The van der Waals surface area contributed by atoms with Crippen molar-refractivity contribution in [2.75, 3.05) is 26.2 Å². The second-order valence-electron chi connectivity index (χ2n) is 5.14. The third-order valence-corrected chi connectivity index (χ3v) is 4.02. The lowest BCUT2D eigenvalue weighted by Gasteiger charge is -2.34. The van der Waals surface area contributed by atoms with Crippen molar-refractivity contribution in [1.29, 1.82) is 0 Å². The number of nitrogens with zero attached hydrogens (tertiary/aromatic N) is 3. The van der Waals surface area contributed by atoms with E-state index in [9.17, 15) is 0 Å². The normalized spacial score (nSPS) is 18.1. The molecule has 106 valence electrons. The zero-order valence-corrected chi connectivity index (χ0v) is 12.3. The summed E-state index contributed by atoms with van der Waals surface area (Å²) in [6.07, 6.45) is 3.85. The number of nitrogens with one attached hydrogen (secondary N) is 1. The van der Waals surface area contributed by atoms with E-state index in [1.165, 1.54) is 5.56 Å². The van der Waals surface area contributed by atoms with Crippen LogP contribution < -0.4 is 5.32 Å². The Balaban J connectivity index is 2.01. The average Bonchev–Trinajstić information content (AvgIpc) is 2.87. The van der Waals surface area contributed by atoms with Crippen LogP contribution >= 0.6 is 11.6 Å². The largest absolute Gasteiger partial charge is 0.336 e. The Morgan fingerprint density at radius 3 is 2.75 bits per heavy atom. The molecule has 1 atom stereocenters. The van der Waals surface area contributed by atoms with Gasteiger partial charge in [0, 0.05) is 50.6 Å². The Morgan fingerprint density at radius 2 is 2.10 bits per heavy atom. The monoisotopic (exact) mass is 290 g/mol. The fraction of sp³-hybridized carbons (Fsp3) is 0.400. The topological polar surface area (TPSA) is 33.1 Å². The van der Waals surface area contributed by atoms with E-state index in [0.29, 0.717) is 0 Å². The van der Waals surface area contributed by atoms with Gasteiger partial charge in [-0.2, -0.15) is 0 Å². The van der Waals surface area contributed by atoms with Crippen LogP contribution in [0.15, 0.2) is 36.7 Å². The second kappa shape index (κ2) is 5.95. The molecule has 20 heavy (non-hydrogen) atoms. The summed E-state index contributed by atoms with van der Waals surface area (Å²) in [6, 6.07) is 8.26. The van der Waals surface area contributed by atoms with Crippen molar-refractivity contribution in [3.63, 3.8) is 0 Å². The highest BCUT2D eigenvalue weighted by molar-refractivity contribution is 6.30. The molecule has 0 spiro atoms. The van der Waals surface area contributed by atoms with Crippen LogP contribution in [0, 0.1) is 0 Å². The van der Waals surface area contributed by atoms with Crippen molar-refractivity contribution < 1.29 is 0 Å². The summed E-state index contributed by atoms with van der Waals surface area (Å²) in [5.74, 6) is 1.06. The zero-order valence-electron chi connectivity index (χ0n) is 11.6. The summed E-state index contributed by atoms with van der Waals surface area (Å²) in [5.41, 5.74) is 1.20. The SMILES string of the molecule is Cn1ccnc1C(c1cccc(Cl)c1)N1CCNCC1. The molecule has 2 aromatic rings. The van der Waals surface area contributed by atoms with E-state index >= 15 is 0 Å². The quantitative estimate of drug-likeness (QED) is 0.939. The molecule has 2 heterocycles. The predicted molar refractivity (Wildman–Crippen MR) is 80.9 cm³/mol. The van der Waals surface area contributed by atoms with Crippen LogP contribution in [-0.2, 0) is 7.05 Å². The van der Waals surface area contributed by atoms with Gasteiger partial charge in [0.2, 0.25) is 0 Å². The first-order chi connectivity index (χ1) is 9.75. The molecule has 0 radical (unpaired) electrons. The van der Waals surface area contributed by atoms with Crippen molar-refractivity contribution in [2.24, 2.45) is 7.05 Å². The van der Waals surface area contributed by atoms with E-state index in [0.717, 1.165) is 37.0 Å². The third-order valence-electron chi connectivity index (χ3n) is 3.78. The lowest BCUT2D eigenvalue weighted by molar-refractivity contribution is 0.190. The van der Waals surface area contributed by atoms with E-state index in [-0.39, 0.29) is 6.04 Å². The van der Waals surface area contributed by atoms with Crippen LogP contribution in [0.25, 0.3) is 0 Å². The first-order valence-electron chi connectivity index (χ1n) is 6.93. The molecule has 1 unspecified atom stereocenters. The highest BCUT2D eigenvalue weighted by Gasteiger charge is 2.26. The maximum atomic E-state index is 6.17. The maximum absolute atomic E-state index is 6.17. The van der Waals surface area contributed by atoms with Gasteiger partial charge in [0.15, 0.2) is 0 Å².